The standard InChI is InChI=1S/C27H30N6O4S/c1-7-12-36-21-15-30-22-18(32-21)10-11-29-23(22)31-16-8-9-19-17(13-16)27(6)20(14-25(2,3)37-19)38(34,35)26(4,5)24(28)33-27/h1,8-11,13,15,20H,12,14H2,2-6H3,(H2,28,33)(H,29,31)/t20-,27-/m1/s1. The summed E-state index contributed by atoms with van der Waals surface area (Å²) in [7, 11) is -3.73. The van der Waals surface area contributed by atoms with Gasteiger partial charge in [0.15, 0.2) is 22.3 Å². The zero-order chi connectivity index (χ0) is 27.5. The molecule has 38 heavy (non-hydrogen) atoms. The fourth-order valence-corrected chi connectivity index (χ4v) is 7.48. The van der Waals surface area contributed by atoms with E-state index in [9.17, 15) is 8.42 Å². The number of hydrogen-bond donors (Lipinski definition) is 2. The minimum absolute atomic E-state index is 0.0779. The summed E-state index contributed by atoms with van der Waals surface area (Å²) in [6.07, 6.45) is 8.61. The van der Waals surface area contributed by atoms with Gasteiger partial charge in [-0.05, 0) is 58.9 Å². The molecule has 0 spiro atoms. The molecule has 0 bridgehead atoms. The first-order valence-corrected chi connectivity index (χ1v) is 13.7. The van der Waals surface area contributed by atoms with Crippen molar-refractivity contribution in [3.05, 3.63) is 42.2 Å². The number of anilines is 2. The summed E-state index contributed by atoms with van der Waals surface area (Å²) in [5.41, 5.74) is 6.76. The molecule has 2 atom stereocenters. The van der Waals surface area contributed by atoms with Gasteiger partial charge in [-0.1, -0.05) is 5.92 Å². The van der Waals surface area contributed by atoms with Gasteiger partial charge in [0.2, 0.25) is 5.88 Å². The number of nitrogens with one attached hydrogen (secondary N) is 1. The molecule has 0 radical (unpaired) electrons. The van der Waals surface area contributed by atoms with E-state index >= 15 is 0 Å². The highest BCUT2D eigenvalue weighted by Gasteiger charge is 2.59. The average molecular weight is 535 g/mol. The molecule has 11 heteroatoms. The minimum Gasteiger partial charge on any atom is -0.487 e. The van der Waals surface area contributed by atoms with Gasteiger partial charge in [-0.2, -0.15) is 0 Å². The molecule has 0 unspecified atom stereocenters. The molecule has 5 rings (SSSR count). The second kappa shape index (κ2) is 8.56. The number of aliphatic imine (C=N–C) groups is 1. The molecule has 0 amide bonds. The van der Waals surface area contributed by atoms with Crippen LogP contribution in [0.25, 0.3) is 11.0 Å². The Bertz CT molecular complexity index is 1630. The van der Waals surface area contributed by atoms with Crippen LogP contribution in [0.5, 0.6) is 11.6 Å². The summed E-state index contributed by atoms with van der Waals surface area (Å²) in [4.78, 5) is 18.2. The monoisotopic (exact) mass is 534 g/mol. The second-order valence-corrected chi connectivity index (χ2v) is 13.5. The average Bonchev–Trinajstić information content (AvgIpc) is 2.94. The van der Waals surface area contributed by atoms with Gasteiger partial charge in [0, 0.05) is 23.9 Å². The lowest BCUT2D eigenvalue weighted by Gasteiger charge is -2.44. The number of ether oxygens (including phenoxy) is 2. The van der Waals surface area contributed by atoms with E-state index in [1.165, 1.54) is 6.20 Å². The van der Waals surface area contributed by atoms with Crippen LogP contribution in [0.4, 0.5) is 11.5 Å². The number of nitrogens with zero attached hydrogens (tertiary/aromatic N) is 4. The van der Waals surface area contributed by atoms with Crippen LogP contribution in [0.3, 0.4) is 0 Å². The van der Waals surface area contributed by atoms with Gasteiger partial charge in [-0.3, -0.25) is 4.99 Å². The molecule has 4 heterocycles. The zero-order valence-electron chi connectivity index (χ0n) is 21.9. The quantitative estimate of drug-likeness (QED) is 0.481. The van der Waals surface area contributed by atoms with E-state index in [1.807, 2.05) is 39.0 Å². The fraction of sp³-hybridized carbons (Fsp3) is 0.407. The van der Waals surface area contributed by atoms with Crippen LogP contribution >= 0.6 is 0 Å². The van der Waals surface area contributed by atoms with Crippen molar-refractivity contribution in [1.29, 1.82) is 0 Å². The Morgan fingerprint density at radius 3 is 2.71 bits per heavy atom. The Hall–Kier alpha value is -3.91. The predicted octanol–water partition coefficient (Wildman–Crippen LogP) is 3.49. The number of hydrogen-bond acceptors (Lipinski definition) is 10. The first-order valence-electron chi connectivity index (χ1n) is 12.2. The Morgan fingerprint density at radius 2 is 1.97 bits per heavy atom. The maximum Gasteiger partial charge on any atom is 0.233 e. The van der Waals surface area contributed by atoms with Crippen LogP contribution in [-0.2, 0) is 15.4 Å². The molecule has 0 saturated heterocycles. The minimum atomic E-state index is -3.73. The first-order chi connectivity index (χ1) is 17.8. The van der Waals surface area contributed by atoms with Crippen LogP contribution in [-0.4, -0.2) is 51.4 Å². The second-order valence-electron chi connectivity index (χ2n) is 10.8. The van der Waals surface area contributed by atoms with Crippen molar-refractivity contribution >= 4 is 38.2 Å². The van der Waals surface area contributed by atoms with E-state index in [-0.39, 0.29) is 18.9 Å². The van der Waals surface area contributed by atoms with E-state index in [0.717, 1.165) is 0 Å². The van der Waals surface area contributed by atoms with Crippen LogP contribution < -0.4 is 20.5 Å². The predicted molar refractivity (Wildman–Crippen MR) is 146 cm³/mol. The highest BCUT2D eigenvalue weighted by atomic mass is 32.2. The van der Waals surface area contributed by atoms with Crippen LogP contribution in [0.1, 0.15) is 46.6 Å². The number of rotatable bonds is 4. The summed E-state index contributed by atoms with van der Waals surface area (Å²) in [6, 6.07) is 7.21. The Kier molecular flexibility index (Phi) is 5.80. The Labute approximate surface area is 222 Å². The molecular formula is C27H30N6O4S. The lowest BCUT2D eigenvalue weighted by atomic mass is 9.84. The van der Waals surface area contributed by atoms with E-state index in [4.69, 9.17) is 26.6 Å². The lowest BCUT2D eigenvalue weighted by Crippen LogP contribution is -2.60. The van der Waals surface area contributed by atoms with Crippen molar-refractivity contribution in [2.75, 3.05) is 11.9 Å². The smallest absolute Gasteiger partial charge is 0.233 e. The van der Waals surface area contributed by atoms with Crippen molar-refractivity contribution in [3.8, 4) is 24.0 Å². The summed E-state index contributed by atoms with van der Waals surface area (Å²) >= 11 is 0. The molecule has 198 valence electrons. The molecule has 2 aliphatic rings. The molecule has 10 nitrogen and oxygen atoms in total. The summed E-state index contributed by atoms with van der Waals surface area (Å²) < 4.78 is 38.2. The highest BCUT2D eigenvalue weighted by Crippen LogP contribution is 2.51. The van der Waals surface area contributed by atoms with Crippen LogP contribution in [0.15, 0.2) is 41.7 Å². The molecule has 2 aromatic heterocycles. The molecule has 0 saturated carbocycles. The maximum absolute atomic E-state index is 13.9. The van der Waals surface area contributed by atoms with Crippen LogP contribution in [0.2, 0.25) is 0 Å². The van der Waals surface area contributed by atoms with Crippen molar-refractivity contribution in [3.63, 3.8) is 0 Å². The molecule has 1 aromatic carbocycles. The highest BCUT2D eigenvalue weighted by molar-refractivity contribution is 7.94. The first kappa shape index (κ1) is 25.7. The zero-order valence-corrected chi connectivity index (χ0v) is 22.8. The number of aromatic nitrogens is 3. The molecule has 3 N–H and O–H groups in total. The van der Waals surface area contributed by atoms with Crippen LogP contribution in [0, 0.1) is 12.3 Å². The number of sulfone groups is 1. The molecule has 3 aromatic rings. The third-order valence-corrected chi connectivity index (χ3v) is 10.3. The van der Waals surface area contributed by atoms with Gasteiger partial charge in [0.25, 0.3) is 0 Å². The SMILES string of the molecule is C#CCOc1cnc2c(Nc3ccc4c(c3)[C@@]3(C)N=C(N)C(C)(C)S(=O)(=O)[C@@H]3CC(C)(C)O4)nccc2n1. The van der Waals surface area contributed by atoms with Gasteiger partial charge >= 0.3 is 0 Å². The summed E-state index contributed by atoms with van der Waals surface area (Å²) in [6.45, 7) is 8.88. The molecule has 2 aliphatic heterocycles. The van der Waals surface area contributed by atoms with E-state index in [0.29, 0.717) is 39.7 Å². The lowest BCUT2D eigenvalue weighted by molar-refractivity contribution is 0.102. The van der Waals surface area contributed by atoms with E-state index < -0.39 is 31.0 Å². The summed E-state index contributed by atoms with van der Waals surface area (Å²) in [5, 5.41) is 2.45. The number of fused-ring (bicyclic) bond motifs is 4. The third kappa shape index (κ3) is 4.00. The fourth-order valence-electron chi connectivity index (χ4n) is 5.02. The van der Waals surface area contributed by atoms with Gasteiger partial charge in [0.1, 0.15) is 33.0 Å². The van der Waals surface area contributed by atoms with Crippen molar-refractivity contribution < 1.29 is 17.9 Å². The Morgan fingerprint density at radius 1 is 1.21 bits per heavy atom. The molecule has 0 fully saturated rings. The summed E-state index contributed by atoms with van der Waals surface area (Å²) in [5.74, 6) is 3.81. The number of nitrogens with two attached hydrogens (primary N) is 1. The Balaban J connectivity index is 1.61. The third-order valence-electron chi connectivity index (χ3n) is 7.27. The van der Waals surface area contributed by atoms with Gasteiger partial charge in [-0.25, -0.2) is 23.4 Å². The normalized spacial score (nSPS) is 24.5. The van der Waals surface area contributed by atoms with Gasteiger partial charge in [0.05, 0.1) is 17.0 Å². The van der Waals surface area contributed by atoms with Gasteiger partial charge < -0.3 is 20.5 Å². The number of pyridine rings is 1. The molecular weight excluding hydrogens is 504 g/mol. The van der Waals surface area contributed by atoms with Crippen molar-refractivity contribution in [2.45, 2.75) is 62.2 Å². The van der Waals surface area contributed by atoms with Gasteiger partial charge in [-0.15, -0.1) is 6.42 Å². The van der Waals surface area contributed by atoms with E-state index in [2.05, 4.69) is 26.2 Å². The van der Waals surface area contributed by atoms with Crippen molar-refractivity contribution in [1.82, 2.24) is 15.0 Å². The largest absolute Gasteiger partial charge is 0.487 e. The maximum atomic E-state index is 13.9. The number of benzene rings is 1. The van der Waals surface area contributed by atoms with Crippen molar-refractivity contribution in [2.24, 2.45) is 10.7 Å². The molecule has 0 aliphatic carbocycles. The topological polar surface area (TPSA) is 142 Å². The number of terminal acetylenes is 1. The van der Waals surface area contributed by atoms with E-state index in [1.54, 1.807) is 26.1 Å². The number of amidine groups is 1.